The molecule has 1 aliphatic heterocycles. The molecule has 0 radical (unpaired) electrons. The topological polar surface area (TPSA) is 52.8 Å². The van der Waals surface area contributed by atoms with Gasteiger partial charge in [0, 0.05) is 33.3 Å². The summed E-state index contributed by atoms with van der Waals surface area (Å²) in [5.74, 6) is 1.68. The number of nitrogens with zero attached hydrogens (tertiary/aromatic N) is 4. The third-order valence-electron chi connectivity index (χ3n) is 6.43. The van der Waals surface area contributed by atoms with Crippen LogP contribution in [-0.2, 0) is 17.0 Å². The van der Waals surface area contributed by atoms with Crippen LogP contribution in [0.25, 0.3) is 33.5 Å². The number of aromatic nitrogens is 4. The molecular weight excluding hydrogens is 532 g/mol. The van der Waals surface area contributed by atoms with Gasteiger partial charge >= 0.3 is 0 Å². The van der Waals surface area contributed by atoms with Crippen LogP contribution in [0.1, 0.15) is 18.4 Å². The van der Waals surface area contributed by atoms with E-state index in [1.807, 2.05) is 24.3 Å². The van der Waals surface area contributed by atoms with Gasteiger partial charge in [-0.25, -0.2) is 4.98 Å². The molecule has 0 saturated carbocycles. The quantitative estimate of drug-likeness (QED) is 0.195. The van der Waals surface area contributed by atoms with Gasteiger partial charge in [0.25, 0.3) is 0 Å². The minimum atomic E-state index is 0.175. The van der Waals surface area contributed by atoms with E-state index in [-0.39, 0.29) is 6.10 Å². The maximum absolute atomic E-state index is 6.03. The van der Waals surface area contributed by atoms with Crippen molar-refractivity contribution in [2.45, 2.75) is 36.4 Å². The van der Waals surface area contributed by atoms with Crippen LogP contribution in [0.4, 0.5) is 0 Å². The first kappa shape index (κ1) is 23.4. The summed E-state index contributed by atoms with van der Waals surface area (Å²) >= 11 is 5.23. The third kappa shape index (κ3) is 4.96. The van der Waals surface area contributed by atoms with E-state index in [4.69, 9.17) is 14.8 Å². The van der Waals surface area contributed by atoms with E-state index >= 15 is 0 Å². The van der Waals surface area contributed by atoms with Crippen LogP contribution in [0.2, 0.25) is 0 Å². The molecule has 0 amide bonds. The van der Waals surface area contributed by atoms with Gasteiger partial charge in [-0.15, -0.1) is 10.2 Å². The second-order valence-electron chi connectivity index (χ2n) is 8.91. The van der Waals surface area contributed by atoms with Crippen molar-refractivity contribution >= 4 is 38.6 Å². The zero-order valence-corrected chi connectivity index (χ0v) is 22.1. The summed E-state index contributed by atoms with van der Waals surface area (Å²) in [4.78, 5) is 4.96. The van der Waals surface area contributed by atoms with E-state index in [0.29, 0.717) is 0 Å². The van der Waals surface area contributed by atoms with Gasteiger partial charge < -0.3 is 4.74 Å². The number of rotatable bonds is 7. The van der Waals surface area contributed by atoms with Gasteiger partial charge in [-0.3, -0.25) is 4.57 Å². The molecule has 0 spiro atoms. The zero-order valence-electron chi connectivity index (χ0n) is 19.7. The lowest BCUT2D eigenvalue weighted by Gasteiger charge is -2.16. The number of benzene rings is 3. The average molecular weight is 558 g/mol. The Balaban J connectivity index is 1.44. The van der Waals surface area contributed by atoms with Crippen molar-refractivity contribution in [1.82, 2.24) is 19.7 Å². The van der Waals surface area contributed by atoms with E-state index in [1.165, 1.54) is 5.56 Å². The molecule has 7 heteroatoms. The average Bonchev–Trinajstić information content (AvgIpc) is 3.59. The fraction of sp³-hybridized carbons (Fsp3) is 0.207. The minimum Gasteiger partial charge on any atom is -0.376 e. The number of hydrogen-bond donors (Lipinski definition) is 0. The van der Waals surface area contributed by atoms with Crippen LogP contribution in [-0.4, -0.2) is 32.5 Å². The molecule has 180 valence electrons. The Hall–Kier alpha value is -3.00. The summed E-state index contributed by atoms with van der Waals surface area (Å²) in [7, 11) is 0. The largest absolute Gasteiger partial charge is 0.376 e. The highest BCUT2D eigenvalue weighted by Gasteiger charge is 2.23. The fourth-order valence-electron chi connectivity index (χ4n) is 4.60. The number of thioether (sulfide) groups is 1. The standard InChI is InChI=1S/C29H25BrN4OS/c30-22-14-12-20(13-15-22)19-36-29-33-32-28(34(29)18-23-9-6-16-35-23)25-17-27(21-7-2-1-3-8-21)31-26-11-5-4-10-24(25)26/h1-5,7-8,10-15,17,23H,6,9,16,18-19H2/t23-/m1/s1. The first-order chi connectivity index (χ1) is 17.7. The van der Waals surface area contributed by atoms with Gasteiger partial charge in [-0.05, 0) is 42.7 Å². The van der Waals surface area contributed by atoms with Gasteiger partial charge in [0.1, 0.15) is 0 Å². The summed E-state index contributed by atoms with van der Waals surface area (Å²) in [6.07, 6.45) is 2.33. The lowest BCUT2D eigenvalue weighted by molar-refractivity contribution is 0.0953. The summed E-state index contributed by atoms with van der Waals surface area (Å²) in [5, 5.41) is 11.4. The molecule has 0 unspecified atom stereocenters. The lowest BCUT2D eigenvalue weighted by Crippen LogP contribution is -2.16. The van der Waals surface area contributed by atoms with E-state index in [9.17, 15) is 0 Å². The van der Waals surface area contributed by atoms with E-state index in [2.05, 4.69) is 86.3 Å². The first-order valence-electron chi connectivity index (χ1n) is 12.1. The number of hydrogen-bond acceptors (Lipinski definition) is 5. The Bertz CT molecular complexity index is 1480. The van der Waals surface area contributed by atoms with E-state index in [1.54, 1.807) is 11.8 Å². The number of para-hydroxylation sites is 1. The maximum atomic E-state index is 6.03. The summed E-state index contributed by atoms with van der Waals surface area (Å²) in [6, 6.07) is 29.2. The predicted octanol–water partition coefficient (Wildman–Crippen LogP) is 7.39. The number of pyridine rings is 1. The minimum absolute atomic E-state index is 0.175. The smallest absolute Gasteiger partial charge is 0.191 e. The molecule has 36 heavy (non-hydrogen) atoms. The highest BCUT2D eigenvalue weighted by molar-refractivity contribution is 9.10. The second kappa shape index (κ2) is 10.5. The Morgan fingerprint density at radius 2 is 1.75 bits per heavy atom. The molecule has 3 aromatic carbocycles. The van der Waals surface area contributed by atoms with Crippen molar-refractivity contribution in [2.75, 3.05) is 6.61 Å². The number of fused-ring (bicyclic) bond motifs is 1. The molecular formula is C29H25BrN4OS. The van der Waals surface area contributed by atoms with E-state index in [0.717, 1.165) is 74.9 Å². The molecule has 1 aliphatic rings. The summed E-state index contributed by atoms with van der Waals surface area (Å²) < 4.78 is 9.35. The predicted molar refractivity (Wildman–Crippen MR) is 149 cm³/mol. The summed E-state index contributed by atoms with van der Waals surface area (Å²) in [5.41, 5.74) is 5.25. The van der Waals surface area contributed by atoms with Crippen LogP contribution in [0.3, 0.4) is 0 Å². The van der Waals surface area contributed by atoms with Crippen molar-refractivity contribution in [1.29, 1.82) is 0 Å². The summed E-state index contributed by atoms with van der Waals surface area (Å²) in [6.45, 7) is 1.56. The molecule has 1 saturated heterocycles. The van der Waals surface area contributed by atoms with Crippen molar-refractivity contribution in [3.8, 4) is 22.6 Å². The molecule has 6 rings (SSSR count). The van der Waals surface area contributed by atoms with Crippen molar-refractivity contribution in [3.05, 3.63) is 95.0 Å². The lowest BCUT2D eigenvalue weighted by atomic mass is 10.0. The fourth-order valence-corrected chi connectivity index (χ4v) is 5.76. The molecule has 0 N–H and O–H groups in total. The Morgan fingerprint density at radius 3 is 2.56 bits per heavy atom. The number of halogens is 1. The van der Waals surface area contributed by atoms with Gasteiger partial charge in [-0.1, -0.05) is 88.4 Å². The van der Waals surface area contributed by atoms with Crippen molar-refractivity contribution in [3.63, 3.8) is 0 Å². The molecule has 1 fully saturated rings. The van der Waals surface area contributed by atoms with Gasteiger partial charge in [0.2, 0.25) is 0 Å². The SMILES string of the molecule is Brc1ccc(CSc2nnc(-c3cc(-c4ccccc4)nc4ccccc34)n2C[C@H]2CCCO2)cc1. The Labute approximate surface area is 223 Å². The third-order valence-corrected chi connectivity index (χ3v) is 8.00. The van der Waals surface area contributed by atoms with Crippen LogP contribution < -0.4 is 0 Å². The zero-order chi connectivity index (χ0) is 24.3. The number of ether oxygens (including phenoxy) is 1. The Kier molecular flexibility index (Phi) is 6.86. The molecule has 2 aromatic heterocycles. The van der Waals surface area contributed by atoms with Crippen LogP contribution in [0, 0.1) is 0 Å². The van der Waals surface area contributed by atoms with Crippen LogP contribution in [0.5, 0.6) is 0 Å². The van der Waals surface area contributed by atoms with E-state index < -0.39 is 0 Å². The molecule has 0 aliphatic carbocycles. The van der Waals surface area contributed by atoms with Crippen molar-refractivity contribution in [2.24, 2.45) is 0 Å². The van der Waals surface area contributed by atoms with Crippen molar-refractivity contribution < 1.29 is 4.74 Å². The van der Waals surface area contributed by atoms with Crippen LogP contribution >= 0.6 is 27.7 Å². The molecule has 5 aromatic rings. The van der Waals surface area contributed by atoms with Crippen LogP contribution in [0.15, 0.2) is 94.6 Å². The first-order valence-corrected chi connectivity index (χ1v) is 13.9. The molecule has 0 bridgehead atoms. The van der Waals surface area contributed by atoms with Gasteiger partial charge in [-0.2, -0.15) is 0 Å². The molecule has 3 heterocycles. The maximum Gasteiger partial charge on any atom is 0.191 e. The van der Waals surface area contributed by atoms with Gasteiger partial charge in [0.15, 0.2) is 11.0 Å². The molecule has 1 atom stereocenters. The highest BCUT2D eigenvalue weighted by atomic mass is 79.9. The normalized spacial score (nSPS) is 15.5. The molecule has 5 nitrogen and oxygen atoms in total. The monoisotopic (exact) mass is 556 g/mol. The Morgan fingerprint density at radius 1 is 0.944 bits per heavy atom. The van der Waals surface area contributed by atoms with Gasteiger partial charge in [0.05, 0.1) is 23.9 Å². The highest BCUT2D eigenvalue weighted by Crippen LogP contribution is 2.34. The second-order valence-corrected chi connectivity index (χ2v) is 10.8.